The fraction of sp³-hybridized carbons (Fsp3) is 0.407. The topological polar surface area (TPSA) is 87.7 Å². The van der Waals surface area contributed by atoms with Gasteiger partial charge in [0.1, 0.15) is 6.29 Å². The molecular formula is C27H39N3O2. The number of hydrogen-bond donors (Lipinski definition) is 3. The van der Waals surface area contributed by atoms with Gasteiger partial charge >= 0.3 is 0 Å². The van der Waals surface area contributed by atoms with Crippen LogP contribution in [0.25, 0.3) is 0 Å². The van der Waals surface area contributed by atoms with Gasteiger partial charge in [-0.05, 0) is 74.7 Å². The number of aldehydes is 1. The third kappa shape index (κ3) is 8.40. The van der Waals surface area contributed by atoms with Crippen molar-refractivity contribution in [2.24, 2.45) is 16.1 Å². The summed E-state index contributed by atoms with van der Waals surface area (Å²) < 4.78 is 0. The molecule has 1 atom stereocenters. The molecule has 32 heavy (non-hydrogen) atoms. The molecule has 174 valence electrons. The second kappa shape index (κ2) is 14.3. The van der Waals surface area contributed by atoms with Crippen molar-refractivity contribution in [2.45, 2.75) is 47.0 Å². The van der Waals surface area contributed by atoms with Gasteiger partial charge in [-0.3, -0.25) is 9.79 Å². The molecule has 0 aliphatic heterocycles. The van der Waals surface area contributed by atoms with Crippen LogP contribution in [0.4, 0.5) is 5.69 Å². The molecule has 1 unspecified atom stereocenters. The highest BCUT2D eigenvalue weighted by atomic mass is 16.3. The van der Waals surface area contributed by atoms with Gasteiger partial charge in [0.05, 0.1) is 12.3 Å². The van der Waals surface area contributed by atoms with Crippen LogP contribution in [0.5, 0.6) is 0 Å². The molecule has 5 nitrogen and oxygen atoms in total. The number of carbonyl (C=O) groups excluding carboxylic acids is 1. The number of aliphatic imine (C=N–C) groups is 1. The molecule has 1 aromatic carbocycles. The lowest BCUT2D eigenvalue weighted by Crippen LogP contribution is -2.32. The van der Waals surface area contributed by atoms with Crippen LogP contribution < -0.4 is 11.1 Å². The molecular weight excluding hydrogens is 398 g/mol. The Balaban J connectivity index is 2.72. The van der Waals surface area contributed by atoms with Crippen LogP contribution in [0.3, 0.4) is 0 Å². The molecule has 0 bridgehead atoms. The van der Waals surface area contributed by atoms with Gasteiger partial charge < -0.3 is 16.2 Å². The summed E-state index contributed by atoms with van der Waals surface area (Å²) in [6.07, 6.45) is 10.4. The smallest absolute Gasteiger partial charge is 0.150 e. The van der Waals surface area contributed by atoms with Crippen molar-refractivity contribution >= 4 is 18.2 Å². The number of allylic oxidation sites excluding steroid dienone is 4. The van der Waals surface area contributed by atoms with E-state index in [9.17, 15) is 9.90 Å². The van der Waals surface area contributed by atoms with E-state index >= 15 is 0 Å². The van der Waals surface area contributed by atoms with Crippen molar-refractivity contribution in [3.05, 3.63) is 77.1 Å². The van der Waals surface area contributed by atoms with E-state index in [2.05, 4.69) is 42.9 Å². The maximum absolute atomic E-state index is 11.2. The normalized spacial score (nSPS) is 15.1. The molecule has 1 rings (SSSR count). The fourth-order valence-electron chi connectivity index (χ4n) is 3.33. The molecule has 0 saturated heterocycles. The van der Waals surface area contributed by atoms with Crippen molar-refractivity contribution < 1.29 is 9.90 Å². The maximum atomic E-state index is 11.2. The molecule has 0 aliphatic carbocycles. The van der Waals surface area contributed by atoms with Gasteiger partial charge in [0, 0.05) is 23.7 Å². The minimum atomic E-state index is -0.353. The lowest BCUT2D eigenvalue weighted by molar-refractivity contribution is -0.104. The molecule has 1 aromatic rings. The number of nitrogens with two attached hydrogens (primary N) is 1. The average Bonchev–Trinajstić information content (AvgIpc) is 2.81. The maximum Gasteiger partial charge on any atom is 0.150 e. The fourth-order valence-corrected chi connectivity index (χ4v) is 3.33. The van der Waals surface area contributed by atoms with E-state index in [0.717, 1.165) is 48.0 Å². The lowest BCUT2D eigenvalue weighted by atomic mass is 9.76. The monoisotopic (exact) mass is 437 g/mol. The molecule has 0 radical (unpaired) electrons. The Morgan fingerprint density at radius 2 is 1.91 bits per heavy atom. The number of hydrogen-bond acceptors (Lipinski definition) is 5. The summed E-state index contributed by atoms with van der Waals surface area (Å²) in [5.74, 6) is 0. The van der Waals surface area contributed by atoms with Crippen molar-refractivity contribution in [3.8, 4) is 0 Å². The first kappa shape index (κ1) is 27.3. The van der Waals surface area contributed by atoms with Crippen molar-refractivity contribution in [1.29, 1.82) is 0 Å². The van der Waals surface area contributed by atoms with E-state index in [4.69, 9.17) is 5.73 Å². The third-order valence-corrected chi connectivity index (χ3v) is 6.00. The second-order valence-electron chi connectivity index (χ2n) is 8.11. The highest BCUT2D eigenvalue weighted by molar-refractivity contribution is 5.81. The number of aliphatic hydroxyl groups is 1. The van der Waals surface area contributed by atoms with E-state index in [-0.39, 0.29) is 12.0 Å². The number of aryl methyl sites for hydroxylation is 1. The first-order valence-electron chi connectivity index (χ1n) is 11.2. The van der Waals surface area contributed by atoms with Gasteiger partial charge in [-0.15, -0.1) is 0 Å². The summed E-state index contributed by atoms with van der Waals surface area (Å²) in [6, 6.07) is 8.16. The molecule has 0 spiro atoms. The Kier molecular flexibility index (Phi) is 12.2. The minimum absolute atomic E-state index is 0.0413. The van der Waals surface area contributed by atoms with E-state index in [1.54, 1.807) is 25.4 Å². The summed E-state index contributed by atoms with van der Waals surface area (Å²) in [5, 5.41) is 13.6. The van der Waals surface area contributed by atoms with E-state index in [1.165, 1.54) is 5.56 Å². The first-order valence-corrected chi connectivity index (χ1v) is 11.2. The number of carbonyl (C=O) groups is 1. The zero-order valence-electron chi connectivity index (χ0n) is 20.0. The Hall–Kier alpha value is -2.76. The van der Waals surface area contributed by atoms with Crippen molar-refractivity contribution in [2.75, 3.05) is 19.7 Å². The SMILES string of the molecule is C=C(C)/C(C=O)=C\C=C(/C)C(CC)(CO)CCNC/C(C=Nc1ccc(CC)cc1)=C/N. The molecule has 0 amide bonds. The van der Waals surface area contributed by atoms with Crippen LogP contribution >= 0.6 is 0 Å². The van der Waals surface area contributed by atoms with Crippen LogP contribution in [-0.2, 0) is 11.2 Å². The molecule has 4 N–H and O–H groups in total. The van der Waals surface area contributed by atoms with Gasteiger partial charge in [0.15, 0.2) is 0 Å². The standard InChI is InChI=1S/C27H39N3O2/c1-6-23-9-12-26(13-10-23)30-18-24(16-28)17-29-15-14-27(7-2,20-32)22(5)8-11-25(19-31)21(3)4/h8-13,16,18-19,29,32H,3,6-7,14-15,17,20,28H2,1-2,4-5H3/b22-8+,24-16-,25-11-,30-18?. The first-order chi connectivity index (χ1) is 15.3. The van der Waals surface area contributed by atoms with E-state index in [0.29, 0.717) is 18.7 Å². The summed E-state index contributed by atoms with van der Waals surface area (Å²) >= 11 is 0. The zero-order valence-corrected chi connectivity index (χ0v) is 20.0. The number of rotatable bonds is 14. The van der Waals surface area contributed by atoms with Crippen molar-refractivity contribution in [3.63, 3.8) is 0 Å². The Labute approximate surface area is 193 Å². The van der Waals surface area contributed by atoms with Crippen LogP contribution in [0.1, 0.15) is 46.1 Å². The summed E-state index contributed by atoms with van der Waals surface area (Å²) in [7, 11) is 0. The van der Waals surface area contributed by atoms with Crippen LogP contribution in [0, 0.1) is 5.41 Å². The largest absolute Gasteiger partial charge is 0.404 e. The Morgan fingerprint density at radius 1 is 1.22 bits per heavy atom. The quantitative estimate of drug-likeness (QED) is 0.128. The number of benzene rings is 1. The molecule has 0 fully saturated rings. The van der Waals surface area contributed by atoms with E-state index in [1.807, 2.05) is 25.1 Å². The average molecular weight is 438 g/mol. The second-order valence-corrected chi connectivity index (χ2v) is 8.11. The summed E-state index contributed by atoms with van der Waals surface area (Å²) in [6.45, 7) is 13.2. The van der Waals surface area contributed by atoms with Crippen molar-refractivity contribution in [1.82, 2.24) is 5.32 Å². The summed E-state index contributed by atoms with van der Waals surface area (Å²) in [4.78, 5) is 15.7. The zero-order chi connectivity index (χ0) is 24.0. The predicted octanol–water partition coefficient (Wildman–Crippen LogP) is 4.81. The van der Waals surface area contributed by atoms with Gasteiger partial charge in [0.2, 0.25) is 0 Å². The predicted molar refractivity (Wildman–Crippen MR) is 136 cm³/mol. The third-order valence-electron chi connectivity index (χ3n) is 6.00. The molecule has 0 heterocycles. The summed E-state index contributed by atoms with van der Waals surface area (Å²) in [5.41, 5.74) is 10.8. The van der Waals surface area contributed by atoms with Gasteiger partial charge in [-0.25, -0.2) is 0 Å². The number of aliphatic hydroxyl groups excluding tert-OH is 1. The van der Waals surface area contributed by atoms with Crippen LogP contribution in [0.2, 0.25) is 0 Å². The van der Waals surface area contributed by atoms with E-state index < -0.39 is 0 Å². The molecule has 5 heteroatoms. The lowest BCUT2D eigenvalue weighted by Gasteiger charge is -2.32. The Morgan fingerprint density at radius 3 is 2.41 bits per heavy atom. The minimum Gasteiger partial charge on any atom is -0.404 e. The molecule has 0 saturated carbocycles. The highest BCUT2D eigenvalue weighted by Crippen LogP contribution is 2.34. The Bertz CT molecular complexity index is 857. The van der Waals surface area contributed by atoms with Gasteiger partial charge in [-0.2, -0.15) is 0 Å². The number of nitrogens with one attached hydrogen (secondary N) is 1. The number of nitrogens with zero attached hydrogens (tertiary/aromatic N) is 1. The van der Waals surface area contributed by atoms with Crippen LogP contribution in [0.15, 0.2) is 76.5 Å². The highest BCUT2D eigenvalue weighted by Gasteiger charge is 2.28. The molecule has 0 aromatic heterocycles. The molecule has 0 aliphatic rings. The van der Waals surface area contributed by atoms with Gasteiger partial charge in [-0.1, -0.05) is 50.3 Å². The van der Waals surface area contributed by atoms with Crippen LogP contribution in [-0.4, -0.2) is 37.3 Å². The van der Waals surface area contributed by atoms with Gasteiger partial charge in [0.25, 0.3) is 0 Å².